The van der Waals surface area contributed by atoms with E-state index in [1.807, 2.05) is 65.0 Å². The van der Waals surface area contributed by atoms with E-state index in [0.717, 1.165) is 42.8 Å². The first-order valence-corrected chi connectivity index (χ1v) is 9.17. The molecule has 1 aromatic carbocycles. The number of ether oxygens (including phenoxy) is 1. The molecule has 0 saturated carbocycles. The van der Waals surface area contributed by atoms with Crippen LogP contribution in [0.4, 0.5) is 0 Å². The van der Waals surface area contributed by atoms with Crippen molar-refractivity contribution in [2.75, 3.05) is 13.1 Å². The van der Waals surface area contributed by atoms with Gasteiger partial charge in [-0.3, -0.25) is 4.79 Å². The number of hydrogen-bond donors (Lipinski definition) is 0. The summed E-state index contributed by atoms with van der Waals surface area (Å²) < 4.78 is 7.98. The van der Waals surface area contributed by atoms with Crippen molar-refractivity contribution >= 4 is 11.6 Å². The van der Waals surface area contributed by atoms with E-state index < -0.39 is 0 Å². The maximum absolute atomic E-state index is 12.8. The Morgan fingerprint density at radius 1 is 1.12 bits per heavy atom. The fourth-order valence-electron chi connectivity index (χ4n) is 3.46. The first-order chi connectivity index (χ1) is 12.7. The van der Waals surface area contributed by atoms with Crippen LogP contribution in [-0.4, -0.2) is 33.3 Å². The van der Waals surface area contributed by atoms with Crippen LogP contribution >= 0.6 is 0 Å². The third kappa shape index (κ3) is 3.29. The molecule has 1 aliphatic heterocycles. The Morgan fingerprint density at radius 3 is 2.73 bits per heavy atom. The summed E-state index contributed by atoms with van der Waals surface area (Å²) in [6.07, 6.45) is 7.31. The number of aryl methyl sites for hydroxylation is 1. The average molecular weight is 349 g/mol. The summed E-state index contributed by atoms with van der Waals surface area (Å²) in [7, 11) is 0. The molecule has 1 saturated heterocycles. The second kappa shape index (κ2) is 7.20. The van der Waals surface area contributed by atoms with Crippen LogP contribution < -0.4 is 4.74 Å². The zero-order valence-electron chi connectivity index (χ0n) is 15.0. The van der Waals surface area contributed by atoms with E-state index in [1.165, 1.54) is 6.42 Å². The standard InChI is InChI=1S/C21H23N3O2/c1-16-8-7-13-24-14-17(22-20(16)24)15-26-19-10-4-3-9-18(19)21(25)23-11-5-2-6-12-23/h3-4,7-10,13-14H,2,5-6,11-12,15H2,1H3. The quantitative estimate of drug-likeness (QED) is 0.719. The number of fused-ring (bicyclic) bond motifs is 1. The zero-order chi connectivity index (χ0) is 17.9. The molecule has 1 aliphatic rings. The predicted molar refractivity (Wildman–Crippen MR) is 100 cm³/mol. The molecule has 4 rings (SSSR count). The molecule has 0 N–H and O–H groups in total. The van der Waals surface area contributed by atoms with Crippen molar-refractivity contribution in [1.82, 2.24) is 14.3 Å². The Balaban J connectivity index is 1.52. The van der Waals surface area contributed by atoms with E-state index in [9.17, 15) is 4.79 Å². The fourth-order valence-corrected chi connectivity index (χ4v) is 3.46. The molecule has 134 valence electrons. The van der Waals surface area contributed by atoms with Crippen LogP contribution in [0.15, 0.2) is 48.8 Å². The van der Waals surface area contributed by atoms with Gasteiger partial charge in [0.05, 0.1) is 11.3 Å². The van der Waals surface area contributed by atoms with Crippen molar-refractivity contribution in [3.8, 4) is 5.75 Å². The Bertz CT molecular complexity index is 926. The SMILES string of the molecule is Cc1cccn2cc(COc3ccccc3C(=O)N3CCCCC3)nc12. The molecule has 2 aromatic heterocycles. The third-order valence-electron chi connectivity index (χ3n) is 4.86. The number of hydrogen-bond acceptors (Lipinski definition) is 3. The van der Waals surface area contributed by atoms with Crippen LogP contribution in [0.25, 0.3) is 5.65 Å². The minimum absolute atomic E-state index is 0.0612. The molecular formula is C21H23N3O2. The second-order valence-corrected chi connectivity index (χ2v) is 6.79. The van der Waals surface area contributed by atoms with Gasteiger partial charge in [0.25, 0.3) is 5.91 Å². The number of imidazole rings is 1. The molecule has 0 atom stereocenters. The number of aromatic nitrogens is 2. The number of carbonyl (C=O) groups excluding carboxylic acids is 1. The van der Waals surface area contributed by atoms with Crippen LogP contribution in [0.1, 0.15) is 40.9 Å². The lowest BCUT2D eigenvalue weighted by Gasteiger charge is -2.27. The smallest absolute Gasteiger partial charge is 0.257 e. The Hall–Kier alpha value is -2.82. The fraction of sp³-hybridized carbons (Fsp3) is 0.333. The van der Waals surface area contributed by atoms with Gasteiger partial charge in [0.15, 0.2) is 0 Å². The van der Waals surface area contributed by atoms with Crippen LogP contribution in [0.3, 0.4) is 0 Å². The molecule has 0 bridgehead atoms. The normalized spacial score (nSPS) is 14.6. The molecule has 5 nitrogen and oxygen atoms in total. The molecule has 3 aromatic rings. The number of amides is 1. The largest absolute Gasteiger partial charge is 0.486 e. The van der Waals surface area contributed by atoms with E-state index in [1.54, 1.807) is 0 Å². The molecule has 5 heteroatoms. The Morgan fingerprint density at radius 2 is 1.92 bits per heavy atom. The van der Waals surface area contributed by atoms with Gasteiger partial charge in [-0.1, -0.05) is 18.2 Å². The van der Waals surface area contributed by atoms with E-state index in [2.05, 4.69) is 4.98 Å². The molecule has 0 radical (unpaired) electrons. The summed E-state index contributed by atoms with van der Waals surface area (Å²) in [4.78, 5) is 19.4. The molecule has 1 amide bonds. The van der Waals surface area contributed by atoms with Crippen molar-refractivity contribution in [1.29, 1.82) is 0 Å². The van der Waals surface area contributed by atoms with E-state index in [4.69, 9.17) is 4.74 Å². The molecule has 0 unspecified atom stereocenters. The monoisotopic (exact) mass is 349 g/mol. The van der Waals surface area contributed by atoms with Crippen LogP contribution in [0.2, 0.25) is 0 Å². The van der Waals surface area contributed by atoms with Crippen molar-refractivity contribution in [3.05, 3.63) is 65.6 Å². The Labute approximate surface area is 153 Å². The lowest BCUT2D eigenvalue weighted by Crippen LogP contribution is -2.35. The van der Waals surface area contributed by atoms with Gasteiger partial charge >= 0.3 is 0 Å². The molecule has 0 aliphatic carbocycles. The average Bonchev–Trinajstić information content (AvgIpc) is 3.11. The van der Waals surface area contributed by atoms with Crippen LogP contribution in [0, 0.1) is 6.92 Å². The summed E-state index contributed by atoms with van der Waals surface area (Å²) in [5, 5.41) is 0. The lowest BCUT2D eigenvalue weighted by atomic mass is 10.1. The molecule has 1 fully saturated rings. The molecule has 26 heavy (non-hydrogen) atoms. The van der Waals surface area contributed by atoms with E-state index in [-0.39, 0.29) is 5.91 Å². The van der Waals surface area contributed by atoms with Crippen molar-refractivity contribution in [2.24, 2.45) is 0 Å². The maximum Gasteiger partial charge on any atom is 0.257 e. The van der Waals surface area contributed by atoms with Crippen molar-refractivity contribution in [2.45, 2.75) is 32.8 Å². The highest BCUT2D eigenvalue weighted by molar-refractivity contribution is 5.97. The van der Waals surface area contributed by atoms with Crippen molar-refractivity contribution < 1.29 is 9.53 Å². The highest BCUT2D eigenvalue weighted by Crippen LogP contribution is 2.23. The summed E-state index contributed by atoms with van der Waals surface area (Å²) in [6, 6.07) is 11.5. The summed E-state index contributed by atoms with van der Waals surface area (Å²) in [5.74, 6) is 0.683. The number of rotatable bonds is 4. The summed E-state index contributed by atoms with van der Waals surface area (Å²) >= 11 is 0. The minimum Gasteiger partial charge on any atom is -0.486 e. The molecular weight excluding hydrogens is 326 g/mol. The van der Waals surface area contributed by atoms with Gasteiger partial charge in [-0.05, 0) is 49.9 Å². The number of carbonyl (C=O) groups is 1. The molecule has 3 heterocycles. The second-order valence-electron chi connectivity index (χ2n) is 6.79. The van der Waals surface area contributed by atoms with E-state index >= 15 is 0 Å². The van der Waals surface area contributed by atoms with Gasteiger partial charge in [-0.25, -0.2) is 4.98 Å². The Kier molecular flexibility index (Phi) is 4.61. The van der Waals surface area contributed by atoms with Gasteiger partial charge in [-0.2, -0.15) is 0 Å². The summed E-state index contributed by atoms with van der Waals surface area (Å²) in [5.41, 5.74) is 3.54. The van der Waals surface area contributed by atoms with Gasteiger partial charge in [0.2, 0.25) is 0 Å². The van der Waals surface area contributed by atoms with Crippen LogP contribution in [-0.2, 0) is 6.61 Å². The van der Waals surface area contributed by atoms with Gasteiger partial charge in [-0.15, -0.1) is 0 Å². The highest BCUT2D eigenvalue weighted by Gasteiger charge is 2.21. The van der Waals surface area contributed by atoms with Crippen LogP contribution in [0.5, 0.6) is 5.75 Å². The number of para-hydroxylation sites is 1. The first-order valence-electron chi connectivity index (χ1n) is 9.17. The summed E-state index contributed by atoms with van der Waals surface area (Å²) in [6.45, 7) is 4.04. The first kappa shape index (κ1) is 16.6. The minimum atomic E-state index is 0.0612. The number of nitrogens with zero attached hydrogens (tertiary/aromatic N) is 3. The third-order valence-corrected chi connectivity index (χ3v) is 4.86. The van der Waals surface area contributed by atoms with Gasteiger partial charge in [0.1, 0.15) is 18.0 Å². The van der Waals surface area contributed by atoms with Crippen molar-refractivity contribution in [3.63, 3.8) is 0 Å². The van der Waals surface area contributed by atoms with Gasteiger partial charge < -0.3 is 14.0 Å². The number of benzene rings is 1. The topological polar surface area (TPSA) is 46.8 Å². The predicted octanol–water partition coefficient (Wildman–Crippen LogP) is 3.85. The number of likely N-dealkylation sites (tertiary alicyclic amines) is 1. The lowest BCUT2D eigenvalue weighted by molar-refractivity contribution is 0.0719. The van der Waals surface area contributed by atoms with E-state index in [0.29, 0.717) is 17.9 Å². The van der Waals surface area contributed by atoms with Gasteiger partial charge in [0, 0.05) is 25.5 Å². The molecule has 0 spiro atoms. The number of pyridine rings is 1. The highest BCUT2D eigenvalue weighted by atomic mass is 16.5. The maximum atomic E-state index is 12.8. The zero-order valence-corrected chi connectivity index (χ0v) is 15.0. The number of piperidine rings is 1.